The van der Waals surface area contributed by atoms with Crippen molar-refractivity contribution in [1.82, 2.24) is 0 Å². The lowest BCUT2D eigenvalue weighted by molar-refractivity contribution is -0.149. The van der Waals surface area contributed by atoms with Gasteiger partial charge in [0.2, 0.25) is 0 Å². The van der Waals surface area contributed by atoms with Gasteiger partial charge in [-0.3, -0.25) is 4.79 Å². The van der Waals surface area contributed by atoms with Crippen molar-refractivity contribution in [3.05, 3.63) is 0 Å². The molecule has 0 rings (SSSR count). The van der Waals surface area contributed by atoms with Crippen molar-refractivity contribution >= 4 is 5.97 Å². The fourth-order valence-electron chi connectivity index (χ4n) is 3.96. The SMILES string of the molecule is CCCCCCCCCCCCCCC(CCC)C(=O)OCCCCCCC. The lowest BCUT2D eigenvalue weighted by Crippen LogP contribution is -2.18. The lowest BCUT2D eigenvalue weighted by atomic mass is 9.96. The molecule has 0 bridgehead atoms. The number of carbonyl (C=O) groups excluding carboxylic acids is 1. The molecule has 0 saturated heterocycles. The van der Waals surface area contributed by atoms with Crippen molar-refractivity contribution in [2.24, 2.45) is 5.92 Å². The van der Waals surface area contributed by atoms with Gasteiger partial charge in [-0.1, -0.05) is 130 Å². The zero-order valence-electron chi connectivity index (χ0n) is 19.7. The Kier molecular flexibility index (Phi) is 22.3. The van der Waals surface area contributed by atoms with E-state index in [9.17, 15) is 4.79 Å². The second-order valence-corrected chi connectivity index (χ2v) is 8.75. The average Bonchev–Trinajstić information content (AvgIpc) is 2.70. The van der Waals surface area contributed by atoms with Gasteiger partial charge in [-0.15, -0.1) is 0 Å². The molecule has 0 aromatic heterocycles. The summed E-state index contributed by atoms with van der Waals surface area (Å²) in [5.74, 6) is 0.212. The van der Waals surface area contributed by atoms with E-state index in [0.29, 0.717) is 6.61 Å². The first kappa shape index (κ1) is 27.5. The first-order chi connectivity index (χ1) is 13.8. The van der Waals surface area contributed by atoms with Crippen molar-refractivity contribution in [3.8, 4) is 0 Å². The minimum absolute atomic E-state index is 0.0698. The molecule has 0 N–H and O–H groups in total. The molecule has 0 spiro atoms. The van der Waals surface area contributed by atoms with Crippen molar-refractivity contribution < 1.29 is 9.53 Å². The summed E-state index contributed by atoms with van der Waals surface area (Å²) < 4.78 is 5.56. The first-order valence-electron chi connectivity index (χ1n) is 12.9. The largest absolute Gasteiger partial charge is 0.465 e. The van der Waals surface area contributed by atoms with Crippen LogP contribution in [-0.2, 0) is 9.53 Å². The third-order valence-electron chi connectivity index (χ3n) is 5.87. The van der Waals surface area contributed by atoms with Crippen LogP contribution in [0.25, 0.3) is 0 Å². The highest BCUT2D eigenvalue weighted by Gasteiger charge is 2.18. The van der Waals surface area contributed by atoms with Gasteiger partial charge in [0.25, 0.3) is 0 Å². The number of unbranched alkanes of at least 4 members (excludes halogenated alkanes) is 15. The van der Waals surface area contributed by atoms with E-state index in [1.807, 2.05) is 0 Å². The highest BCUT2D eigenvalue weighted by Crippen LogP contribution is 2.19. The summed E-state index contributed by atoms with van der Waals surface area (Å²) in [6.07, 6.45) is 25.6. The fraction of sp³-hybridized carbons (Fsp3) is 0.962. The Morgan fingerprint density at radius 2 is 0.964 bits per heavy atom. The standard InChI is InChI=1S/C26H52O2/c1-4-7-9-11-12-13-14-15-16-17-18-20-23-25(22-6-3)26(27)28-24-21-19-10-8-5-2/h25H,4-24H2,1-3H3. The molecule has 0 heterocycles. The van der Waals surface area contributed by atoms with Crippen LogP contribution in [0, 0.1) is 5.92 Å². The molecule has 0 fully saturated rings. The molecule has 0 amide bonds. The number of rotatable bonds is 22. The van der Waals surface area contributed by atoms with E-state index in [-0.39, 0.29) is 11.9 Å². The summed E-state index contributed by atoms with van der Waals surface area (Å²) in [4.78, 5) is 12.3. The van der Waals surface area contributed by atoms with Crippen LogP contribution < -0.4 is 0 Å². The summed E-state index contributed by atoms with van der Waals surface area (Å²) in [6.45, 7) is 7.31. The molecular weight excluding hydrogens is 344 g/mol. The molecule has 0 aliphatic heterocycles. The quantitative estimate of drug-likeness (QED) is 0.135. The van der Waals surface area contributed by atoms with Gasteiger partial charge in [0, 0.05) is 0 Å². The van der Waals surface area contributed by atoms with Crippen molar-refractivity contribution in [2.45, 2.75) is 149 Å². The molecular formula is C26H52O2. The fourth-order valence-corrected chi connectivity index (χ4v) is 3.96. The second-order valence-electron chi connectivity index (χ2n) is 8.75. The van der Waals surface area contributed by atoms with Crippen LogP contribution in [0.2, 0.25) is 0 Å². The highest BCUT2D eigenvalue weighted by molar-refractivity contribution is 5.72. The maximum atomic E-state index is 12.3. The van der Waals surface area contributed by atoms with Gasteiger partial charge in [-0.05, 0) is 19.3 Å². The number of hydrogen-bond acceptors (Lipinski definition) is 2. The Labute approximate surface area is 177 Å². The van der Waals surface area contributed by atoms with Crippen LogP contribution >= 0.6 is 0 Å². The van der Waals surface area contributed by atoms with E-state index in [4.69, 9.17) is 4.74 Å². The van der Waals surface area contributed by atoms with Gasteiger partial charge >= 0.3 is 5.97 Å². The molecule has 0 aromatic rings. The van der Waals surface area contributed by atoms with Crippen LogP contribution in [-0.4, -0.2) is 12.6 Å². The Balaban J connectivity index is 3.58. The van der Waals surface area contributed by atoms with Crippen LogP contribution in [0.5, 0.6) is 0 Å². The summed E-state index contributed by atoms with van der Waals surface area (Å²) in [5.41, 5.74) is 0. The molecule has 28 heavy (non-hydrogen) atoms. The van der Waals surface area contributed by atoms with Crippen molar-refractivity contribution in [3.63, 3.8) is 0 Å². The molecule has 2 heteroatoms. The third-order valence-corrected chi connectivity index (χ3v) is 5.87. The Bertz CT molecular complexity index is 314. The molecule has 0 radical (unpaired) electrons. The Morgan fingerprint density at radius 1 is 0.536 bits per heavy atom. The number of esters is 1. The van der Waals surface area contributed by atoms with E-state index < -0.39 is 0 Å². The molecule has 0 aliphatic rings. The maximum Gasteiger partial charge on any atom is 0.308 e. The van der Waals surface area contributed by atoms with Crippen LogP contribution in [0.15, 0.2) is 0 Å². The van der Waals surface area contributed by atoms with E-state index in [1.54, 1.807) is 0 Å². The summed E-state index contributed by atoms with van der Waals surface area (Å²) in [5, 5.41) is 0. The zero-order valence-corrected chi connectivity index (χ0v) is 19.7. The predicted molar refractivity (Wildman–Crippen MR) is 124 cm³/mol. The minimum Gasteiger partial charge on any atom is -0.465 e. The van der Waals surface area contributed by atoms with Crippen LogP contribution in [0.3, 0.4) is 0 Å². The topological polar surface area (TPSA) is 26.3 Å². The smallest absolute Gasteiger partial charge is 0.308 e. The molecule has 0 aromatic carbocycles. The normalized spacial score (nSPS) is 12.2. The minimum atomic E-state index is 0.0698. The van der Waals surface area contributed by atoms with Crippen LogP contribution in [0.1, 0.15) is 149 Å². The van der Waals surface area contributed by atoms with E-state index >= 15 is 0 Å². The van der Waals surface area contributed by atoms with Gasteiger partial charge in [0.1, 0.15) is 0 Å². The summed E-state index contributed by atoms with van der Waals surface area (Å²) >= 11 is 0. The zero-order chi connectivity index (χ0) is 20.7. The maximum absolute atomic E-state index is 12.3. The summed E-state index contributed by atoms with van der Waals surface area (Å²) in [7, 11) is 0. The van der Waals surface area contributed by atoms with E-state index in [0.717, 1.165) is 25.7 Å². The summed E-state index contributed by atoms with van der Waals surface area (Å²) in [6, 6.07) is 0. The lowest BCUT2D eigenvalue weighted by Gasteiger charge is -2.15. The van der Waals surface area contributed by atoms with Crippen molar-refractivity contribution in [1.29, 1.82) is 0 Å². The van der Waals surface area contributed by atoms with Gasteiger partial charge in [-0.2, -0.15) is 0 Å². The molecule has 1 unspecified atom stereocenters. The third kappa shape index (κ3) is 18.8. The van der Waals surface area contributed by atoms with E-state index in [1.165, 1.54) is 103 Å². The number of carbonyl (C=O) groups is 1. The average molecular weight is 397 g/mol. The molecule has 1 atom stereocenters. The molecule has 2 nitrogen and oxygen atoms in total. The number of hydrogen-bond donors (Lipinski definition) is 0. The van der Waals surface area contributed by atoms with Gasteiger partial charge < -0.3 is 4.74 Å². The van der Waals surface area contributed by atoms with Crippen LogP contribution in [0.4, 0.5) is 0 Å². The van der Waals surface area contributed by atoms with Gasteiger partial charge in [0.15, 0.2) is 0 Å². The van der Waals surface area contributed by atoms with E-state index in [2.05, 4.69) is 20.8 Å². The monoisotopic (exact) mass is 396 g/mol. The van der Waals surface area contributed by atoms with Gasteiger partial charge in [0.05, 0.1) is 12.5 Å². The Morgan fingerprint density at radius 3 is 1.43 bits per heavy atom. The molecule has 0 saturated carbocycles. The van der Waals surface area contributed by atoms with Crippen molar-refractivity contribution in [2.75, 3.05) is 6.61 Å². The van der Waals surface area contributed by atoms with Gasteiger partial charge in [-0.25, -0.2) is 0 Å². The first-order valence-corrected chi connectivity index (χ1v) is 12.9. The highest BCUT2D eigenvalue weighted by atomic mass is 16.5. The second kappa shape index (κ2) is 22.8. The Hall–Kier alpha value is -0.530. The molecule has 168 valence electrons. The predicted octanol–water partition coefficient (Wildman–Crippen LogP) is 9.01. The molecule has 0 aliphatic carbocycles. The number of ether oxygens (including phenoxy) is 1.